The number of para-hydroxylation sites is 2. The van der Waals surface area contributed by atoms with Crippen LogP contribution in [0.1, 0.15) is 18.1 Å². The quantitative estimate of drug-likeness (QED) is 0.237. The number of anilines is 1. The maximum atomic E-state index is 14.9. The van der Waals surface area contributed by atoms with E-state index in [-0.39, 0.29) is 34.9 Å². The normalized spacial score (nSPS) is 11.8. The number of likely N-dealkylation sites (N-methyl/N-ethyl adjacent to an activating group) is 1. The molecule has 4 rings (SSSR count). The van der Waals surface area contributed by atoms with Gasteiger partial charge in [-0.1, -0.05) is 78.9 Å². The van der Waals surface area contributed by atoms with E-state index in [4.69, 9.17) is 4.74 Å². The highest BCUT2D eigenvalue weighted by Crippen LogP contribution is 2.32. The lowest BCUT2D eigenvalue weighted by Crippen LogP contribution is -2.53. The van der Waals surface area contributed by atoms with Gasteiger partial charge in [-0.3, -0.25) is 13.9 Å². The zero-order chi connectivity index (χ0) is 30.8. The van der Waals surface area contributed by atoms with E-state index >= 15 is 0 Å². The molecule has 43 heavy (non-hydrogen) atoms. The Morgan fingerprint density at radius 1 is 0.860 bits per heavy atom. The Morgan fingerprint density at radius 2 is 1.47 bits per heavy atom. The van der Waals surface area contributed by atoms with Gasteiger partial charge in [-0.05, 0) is 42.8 Å². The minimum Gasteiger partial charge on any atom is -0.495 e. The molecule has 0 spiro atoms. The number of amides is 2. The number of methoxy groups -OCH3 is 1. The average Bonchev–Trinajstić information content (AvgIpc) is 3.03. The number of halogens is 1. The lowest BCUT2D eigenvalue weighted by Gasteiger charge is -2.34. The fourth-order valence-corrected chi connectivity index (χ4v) is 6.17. The molecule has 10 heteroatoms. The third-order valence-corrected chi connectivity index (χ3v) is 8.66. The van der Waals surface area contributed by atoms with Crippen LogP contribution in [0.15, 0.2) is 114 Å². The number of rotatable bonds is 13. The molecular formula is C33H34FN3O5S. The lowest BCUT2D eigenvalue weighted by molar-refractivity contribution is -0.140. The second kappa shape index (κ2) is 14.5. The molecule has 0 fully saturated rings. The van der Waals surface area contributed by atoms with Crippen molar-refractivity contribution in [2.75, 3.05) is 24.5 Å². The number of nitrogens with zero attached hydrogens (tertiary/aromatic N) is 2. The molecule has 224 valence electrons. The van der Waals surface area contributed by atoms with Crippen LogP contribution < -0.4 is 14.4 Å². The highest BCUT2D eigenvalue weighted by Gasteiger charge is 2.35. The third kappa shape index (κ3) is 7.58. The first-order valence-corrected chi connectivity index (χ1v) is 15.3. The standard InChI is InChI=1S/C33H34FN3O5S/c1-3-35-33(39)30(22-25-14-6-4-7-15-25)36(23-26-16-10-11-19-28(26)34)32(38)24-37(29-20-12-13-21-31(29)42-2)43(40,41)27-17-8-5-9-18-27/h4-21,30H,3,22-24H2,1-2H3,(H,35,39)/t30-/m0/s1. The monoisotopic (exact) mass is 603 g/mol. The molecule has 1 N–H and O–H groups in total. The van der Waals surface area contributed by atoms with Crippen molar-refractivity contribution in [3.8, 4) is 5.75 Å². The molecule has 0 aliphatic carbocycles. The Bertz CT molecular complexity index is 1630. The van der Waals surface area contributed by atoms with Crippen molar-refractivity contribution in [3.63, 3.8) is 0 Å². The van der Waals surface area contributed by atoms with Crippen molar-refractivity contribution >= 4 is 27.5 Å². The highest BCUT2D eigenvalue weighted by atomic mass is 32.2. The van der Waals surface area contributed by atoms with Crippen LogP contribution in [-0.2, 0) is 32.6 Å². The average molecular weight is 604 g/mol. The van der Waals surface area contributed by atoms with Gasteiger partial charge in [0.2, 0.25) is 11.8 Å². The van der Waals surface area contributed by atoms with Crippen LogP contribution in [0.5, 0.6) is 5.75 Å². The van der Waals surface area contributed by atoms with E-state index in [0.717, 1.165) is 9.87 Å². The molecule has 0 aliphatic heterocycles. The largest absolute Gasteiger partial charge is 0.495 e. The second-order valence-electron chi connectivity index (χ2n) is 9.71. The molecule has 0 bridgehead atoms. The van der Waals surface area contributed by atoms with Crippen LogP contribution in [0.3, 0.4) is 0 Å². The summed E-state index contributed by atoms with van der Waals surface area (Å²) in [6, 6.07) is 28.3. The van der Waals surface area contributed by atoms with Gasteiger partial charge in [0.1, 0.15) is 24.2 Å². The Labute approximate surface area is 251 Å². The summed E-state index contributed by atoms with van der Waals surface area (Å²) in [6.45, 7) is 1.14. The van der Waals surface area contributed by atoms with Gasteiger partial charge in [-0.2, -0.15) is 0 Å². The molecule has 0 radical (unpaired) electrons. The maximum Gasteiger partial charge on any atom is 0.264 e. The van der Waals surface area contributed by atoms with Crippen LogP contribution in [0.2, 0.25) is 0 Å². The SMILES string of the molecule is CCNC(=O)[C@H](Cc1ccccc1)N(Cc1ccccc1F)C(=O)CN(c1ccccc1OC)S(=O)(=O)c1ccccc1. The topological polar surface area (TPSA) is 96.0 Å². The van der Waals surface area contributed by atoms with Crippen molar-refractivity contribution in [3.05, 3.63) is 126 Å². The van der Waals surface area contributed by atoms with E-state index in [0.29, 0.717) is 6.54 Å². The predicted molar refractivity (Wildman–Crippen MR) is 164 cm³/mol. The molecule has 8 nitrogen and oxygen atoms in total. The molecule has 0 saturated carbocycles. The number of ether oxygens (including phenoxy) is 1. The summed E-state index contributed by atoms with van der Waals surface area (Å²) in [6.07, 6.45) is 0.132. The summed E-state index contributed by atoms with van der Waals surface area (Å²) in [7, 11) is -2.87. The Morgan fingerprint density at radius 3 is 2.12 bits per heavy atom. The summed E-state index contributed by atoms with van der Waals surface area (Å²) in [5.74, 6) is -1.44. The smallest absolute Gasteiger partial charge is 0.264 e. The number of sulfonamides is 1. The number of nitrogens with one attached hydrogen (secondary N) is 1. The van der Waals surface area contributed by atoms with E-state index in [2.05, 4.69) is 5.32 Å². The Kier molecular flexibility index (Phi) is 10.5. The van der Waals surface area contributed by atoms with E-state index < -0.39 is 40.2 Å². The van der Waals surface area contributed by atoms with E-state index in [1.807, 2.05) is 30.3 Å². The van der Waals surface area contributed by atoms with Crippen LogP contribution >= 0.6 is 0 Å². The van der Waals surface area contributed by atoms with Gasteiger partial charge in [0.05, 0.1) is 17.7 Å². The highest BCUT2D eigenvalue weighted by molar-refractivity contribution is 7.92. The van der Waals surface area contributed by atoms with Gasteiger partial charge in [-0.25, -0.2) is 12.8 Å². The minimum atomic E-state index is -4.28. The first-order chi connectivity index (χ1) is 20.8. The molecule has 4 aromatic rings. The summed E-state index contributed by atoms with van der Waals surface area (Å²) in [5, 5.41) is 2.78. The Balaban J connectivity index is 1.82. The van der Waals surface area contributed by atoms with E-state index in [1.165, 1.54) is 42.3 Å². The zero-order valence-electron chi connectivity index (χ0n) is 24.0. The molecule has 0 heterocycles. The number of carbonyl (C=O) groups excluding carboxylic acids is 2. The van der Waals surface area contributed by atoms with Gasteiger partial charge in [0.25, 0.3) is 10.0 Å². The lowest BCUT2D eigenvalue weighted by atomic mass is 10.0. The molecule has 4 aromatic carbocycles. The number of hydrogen-bond donors (Lipinski definition) is 1. The fraction of sp³-hybridized carbons (Fsp3) is 0.212. The summed E-state index contributed by atoms with van der Waals surface area (Å²) >= 11 is 0. The predicted octanol–water partition coefficient (Wildman–Crippen LogP) is 4.81. The first-order valence-electron chi connectivity index (χ1n) is 13.8. The molecule has 0 aliphatic rings. The van der Waals surface area contributed by atoms with Gasteiger partial charge >= 0.3 is 0 Å². The van der Waals surface area contributed by atoms with Crippen molar-refractivity contribution in [2.24, 2.45) is 0 Å². The van der Waals surface area contributed by atoms with Crippen molar-refractivity contribution in [1.82, 2.24) is 10.2 Å². The van der Waals surface area contributed by atoms with Crippen LogP contribution in [-0.4, -0.2) is 51.4 Å². The molecular weight excluding hydrogens is 569 g/mol. The van der Waals surface area contributed by atoms with Crippen LogP contribution in [0.25, 0.3) is 0 Å². The van der Waals surface area contributed by atoms with Gasteiger partial charge in [0.15, 0.2) is 0 Å². The first kappa shape index (κ1) is 31.2. The maximum absolute atomic E-state index is 14.9. The summed E-state index contributed by atoms with van der Waals surface area (Å²) in [4.78, 5) is 29.1. The van der Waals surface area contributed by atoms with E-state index in [1.54, 1.807) is 55.5 Å². The molecule has 0 saturated heterocycles. The molecule has 0 unspecified atom stereocenters. The Hall–Kier alpha value is -4.70. The second-order valence-corrected chi connectivity index (χ2v) is 11.6. The van der Waals surface area contributed by atoms with Crippen LogP contribution in [0, 0.1) is 5.82 Å². The third-order valence-electron chi connectivity index (χ3n) is 6.88. The number of carbonyl (C=O) groups is 2. The van der Waals surface area contributed by atoms with Crippen molar-refractivity contribution in [1.29, 1.82) is 0 Å². The van der Waals surface area contributed by atoms with Gasteiger partial charge in [0, 0.05) is 25.1 Å². The van der Waals surface area contributed by atoms with Gasteiger partial charge in [-0.15, -0.1) is 0 Å². The van der Waals surface area contributed by atoms with Crippen molar-refractivity contribution in [2.45, 2.75) is 30.8 Å². The number of hydrogen-bond acceptors (Lipinski definition) is 5. The minimum absolute atomic E-state index is 0.0288. The van der Waals surface area contributed by atoms with Gasteiger partial charge < -0.3 is 15.0 Å². The molecule has 2 amide bonds. The van der Waals surface area contributed by atoms with E-state index in [9.17, 15) is 22.4 Å². The zero-order valence-corrected chi connectivity index (χ0v) is 24.8. The number of benzene rings is 4. The fourth-order valence-electron chi connectivity index (χ4n) is 4.72. The summed E-state index contributed by atoms with van der Waals surface area (Å²) < 4.78 is 49.4. The van der Waals surface area contributed by atoms with Crippen LogP contribution in [0.4, 0.5) is 10.1 Å². The summed E-state index contributed by atoms with van der Waals surface area (Å²) in [5.41, 5.74) is 1.11. The molecule has 0 aromatic heterocycles. The van der Waals surface area contributed by atoms with Crippen molar-refractivity contribution < 1.29 is 27.1 Å². The molecule has 1 atom stereocenters.